The van der Waals surface area contributed by atoms with Crippen LogP contribution in [0.4, 0.5) is 4.79 Å². The molecular weight excluding hydrogens is 316 g/mol. The van der Waals surface area contributed by atoms with Gasteiger partial charge < -0.3 is 15.3 Å². The number of hydrogen-bond donors (Lipinski definition) is 2. The van der Waals surface area contributed by atoms with Gasteiger partial charge in [-0.1, -0.05) is 42.5 Å². The van der Waals surface area contributed by atoms with Gasteiger partial charge in [0.05, 0.1) is 5.56 Å². The number of nitrogens with one attached hydrogen (secondary N) is 1. The molecule has 0 bridgehead atoms. The molecule has 1 aliphatic heterocycles. The molecule has 2 amide bonds. The predicted octanol–water partition coefficient (Wildman–Crippen LogP) is 3.47. The van der Waals surface area contributed by atoms with Gasteiger partial charge in [-0.15, -0.1) is 0 Å². The van der Waals surface area contributed by atoms with Crippen LogP contribution in [0.1, 0.15) is 40.2 Å². The molecule has 0 aliphatic carbocycles. The van der Waals surface area contributed by atoms with E-state index in [0.717, 1.165) is 31.5 Å². The van der Waals surface area contributed by atoms with Crippen LogP contribution in [0.5, 0.6) is 0 Å². The van der Waals surface area contributed by atoms with Crippen LogP contribution in [0, 0.1) is 0 Å². The van der Waals surface area contributed by atoms with Crippen molar-refractivity contribution in [3.63, 3.8) is 0 Å². The van der Waals surface area contributed by atoms with Crippen molar-refractivity contribution >= 4 is 12.0 Å². The predicted molar refractivity (Wildman–Crippen MR) is 95.6 cm³/mol. The number of piperidine rings is 1. The summed E-state index contributed by atoms with van der Waals surface area (Å²) in [7, 11) is 0. The second-order valence-corrected chi connectivity index (χ2v) is 6.33. The Morgan fingerprint density at radius 3 is 2.24 bits per heavy atom. The highest BCUT2D eigenvalue weighted by molar-refractivity contribution is 5.87. The highest BCUT2D eigenvalue weighted by atomic mass is 16.4. The van der Waals surface area contributed by atoms with Gasteiger partial charge in [-0.25, -0.2) is 9.59 Å². The summed E-state index contributed by atoms with van der Waals surface area (Å²) in [6.45, 7) is 1.91. The highest BCUT2D eigenvalue weighted by Crippen LogP contribution is 2.27. The van der Waals surface area contributed by atoms with Crippen molar-refractivity contribution in [2.75, 3.05) is 13.1 Å². The minimum atomic E-state index is -0.947. The molecule has 3 rings (SSSR count). The summed E-state index contributed by atoms with van der Waals surface area (Å²) < 4.78 is 0. The third kappa shape index (κ3) is 4.38. The third-order valence-corrected chi connectivity index (χ3v) is 4.70. The Bertz CT molecular complexity index is 720. The Balaban J connectivity index is 1.47. The lowest BCUT2D eigenvalue weighted by molar-refractivity contribution is 0.0697. The average molecular weight is 338 g/mol. The van der Waals surface area contributed by atoms with Crippen molar-refractivity contribution in [2.45, 2.75) is 25.3 Å². The molecule has 0 spiro atoms. The van der Waals surface area contributed by atoms with Crippen LogP contribution in [0.15, 0.2) is 54.6 Å². The van der Waals surface area contributed by atoms with Crippen LogP contribution in [0.3, 0.4) is 0 Å². The van der Waals surface area contributed by atoms with Gasteiger partial charge in [0.2, 0.25) is 0 Å². The molecule has 1 fully saturated rings. The van der Waals surface area contributed by atoms with Crippen LogP contribution in [-0.2, 0) is 6.54 Å². The second-order valence-electron chi connectivity index (χ2n) is 6.33. The maximum absolute atomic E-state index is 12.3. The zero-order chi connectivity index (χ0) is 17.6. The number of urea groups is 1. The van der Waals surface area contributed by atoms with Gasteiger partial charge in [-0.3, -0.25) is 0 Å². The number of rotatable bonds is 4. The fourth-order valence-corrected chi connectivity index (χ4v) is 3.20. The molecular formula is C20H22N2O3. The van der Waals surface area contributed by atoms with Gasteiger partial charge in [-0.05, 0) is 42.0 Å². The number of nitrogens with zero attached hydrogens (tertiary/aromatic N) is 1. The SMILES string of the molecule is O=C(O)c1ccc(CNC(=O)N2CCC(c3ccccc3)CC2)cc1. The smallest absolute Gasteiger partial charge is 0.335 e. The topological polar surface area (TPSA) is 69.6 Å². The Kier molecular flexibility index (Phi) is 5.33. The van der Waals surface area contributed by atoms with E-state index in [9.17, 15) is 9.59 Å². The molecule has 2 N–H and O–H groups in total. The number of aromatic carboxylic acids is 1. The molecule has 5 nitrogen and oxygen atoms in total. The normalized spacial score (nSPS) is 15.0. The van der Waals surface area contributed by atoms with E-state index in [4.69, 9.17) is 5.11 Å². The van der Waals surface area contributed by atoms with Gasteiger partial charge in [0, 0.05) is 19.6 Å². The summed E-state index contributed by atoms with van der Waals surface area (Å²) in [5.41, 5.74) is 2.48. The van der Waals surface area contributed by atoms with Crippen LogP contribution >= 0.6 is 0 Å². The van der Waals surface area contributed by atoms with Gasteiger partial charge in [0.25, 0.3) is 0 Å². The van der Waals surface area contributed by atoms with Crippen LogP contribution in [0.2, 0.25) is 0 Å². The maximum atomic E-state index is 12.3. The van der Waals surface area contributed by atoms with E-state index in [1.165, 1.54) is 5.56 Å². The molecule has 5 heteroatoms. The lowest BCUT2D eigenvalue weighted by atomic mass is 9.90. The standard InChI is InChI=1S/C20H22N2O3/c23-19(24)18-8-6-15(7-9-18)14-21-20(25)22-12-10-17(11-13-22)16-4-2-1-3-5-16/h1-9,17H,10-14H2,(H,21,25)(H,23,24). The van der Waals surface area contributed by atoms with Gasteiger partial charge in [0.15, 0.2) is 0 Å². The van der Waals surface area contributed by atoms with Crippen molar-refractivity contribution in [1.29, 1.82) is 0 Å². The van der Waals surface area contributed by atoms with Crippen molar-refractivity contribution in [1.82, 2.24) is 10.2 Å². The van der Waals surface area contributed by atoms with Gasteiger partial charge >= 0.3 is 12.0 Å². The molecule has 1 aliphatic rings. The van der Waals surface area contributed by atoms with Crippen molar-refractivity contribution in [3.8, 4) is 0 Å². The van der Waals surface area contributed by atoms with E-state index >= 15 is 0 Å². The minimum Gasteiger partial charge on any atom is -0.478 e. The molecule has 130 valence electrons. The number of carbonyl (C=O) groups excluding carboxylic acids is 1. The summed E-state index contributed by atoms with van der Waals surface area (Å²) in [5.74, 6) is -0.425. The monoisotopic (exact) mass is 338 g/mol. The van der Waals surface area contributed by atoms with Gasteiger partial charge in [0.1, 0.15) is 0 Å². The Labute approximate surface area is 147 Å². The first-order valence-corrected chi connectivity index (χ1v) is 8.53. The zero-order valence-electron chi connectivity index (χ0n) is 14.0. The number of likely N-dealkylation sites (tertiary alicyclic amines) is 1. The third-order valence-electron chi connectivity index (χ3n) is 4.70. The van der Waals surface area contributed by atoms with E-state index in [1.54, 1.807) is 24.3 Å². The molecule has 0 radical (unpaired) electrons. The first kappa shape index (κ1) is 17.0. The van der Waals surface area contributed by atoms with Crippen molar-refractivity contribution in [3.05, 3.63) is 71.3 Å². The first-order valence-electron chi connectivity index (χ1n) is 8.53. The Hall–Kier alpha value is -2.82. The van der Waals surface area contributed by atoms with Gasteiger partial charge in [-0.2, -0.15) is 0 Å². The highest BCUT2D eigenvalue weighted by Gasteiger charge is 2.23. The Morgan fingerprint density at radius 2 is 1.64 bits per heavy atom. The summed E-state index contributed by atoms with van der Waals surface area (Å²) in [5, 5.41) is 11.8. The number of amides is 2. The number of hydrogen-bond acceptors (Lipinski definition) is 2. The minimum absolute atomic E-state index is 0.0613. The number of carboxylic acid groups (broad SMARTS) is 1. The van der Waals surface area contributed by atoms with E-state index < -0.39 is 5.97 Å². The molecule has 0 saturated carbocycles. The molecule has 1 heterocycles. The summed E-state index contributed by atoms with van der Waals surface area (Å²) in [6, 6.07) is 16.9. The van der Waals surface area contributed by atoms with Crippen LogP contribution in [0.25, 0.3) is 0 Å². The molecule has 0 unspecified atom stereocenters. The maximum Gasteiger partial charge on any atom is 0.335 e. The summed E-state index contributed by atoms with van der Waals surface area (Å²) >= 11 is 0. The fraction of sp³-hybridized carbons (Fsp3) is 0.300. The first-order chi connectivity index (χ1) is 12.1. The number of carbonyl (C=O) groups is 2. The van der Waals surface area contributed by atoms with Crippen molar-refractivity contribution < 1.29 is 14.7 Å². The van der Waals surface area contributed by atoms with Crippen LogP contribution in [-0.4, -0.2) is 35.1 Å². The van der Waals surface area contributed by atoms with Crippen molar-refractivity contribution in [2.24, 2.45) is 0 Å². The molecule has 0 atom stereocenters. The lowest BCUT2D eigenvalue weighted by Crippen LogP contribution is -2.43. The quantitative estimate of drug-likeness (QED) is 0.897. The van der Waals surface area contributed by atoms with E-state index in [0.29, 0.717) is 12.5 Å². The number of carboxylic acids is 1. The molecule has 25 heavy (non-hydrogen) atoms. The molecule has 0 aromatic heterocycles. The summed E-state index contributed by atoms with van der Waals surface area (Å²) in [4.78, 5) is 25.0. The zero-order valence-corrected chi connectivity index (χ0v) is 14.0. The molecule has 2 aromatic rings. The van der Waals surface area contributed by atoms with E-state index in [2.05, 4.69) is 29.6 Å². The Morgan fingerprint density at radius 1 is 1.00 bits per heavy atom. The van der Waals surface area contributed by atoms with Crippen LogP contribution < -0.4 is 5.32 Å². The average Bonchev–Trinajstić information content (AvgIpc) is 2.67. The molecule has 2 aromatic carbocycles. The fourth-order valence-electron chi connectivity index (χ4n) is 3.20. The van der Waals surface area contributed by atoms with E-state index in [-0.39, 0.29) is 11.6 Å². The molecule has 1 saturated heterocycles. The summed E-state index contributed by atoms with van der Waals surface area (Å²) in [6.07, 6.45) is 1.95. The number of benzene rings is 2. The second kappa shape index (κ2) is 7.83. The van der Waals surface area contributed by atoms with E-state index in [1.807, 2.05) is 11.0 Å². The lowest BCUT2D eigenvalue weighted by Gasteiger charge is -2.32. The largest absolute Gasteiger partial charge is 0.478 e.